The molecule has 14 heavy (non-hydrogen) atoms. The first kappa shape index (κ1) is 11.5. The normalized spacial score (nSPS) is 24.0. The van der Waals surface area contributed by atoms with E-state index in [9.17, 15) is 4.79 Å². The maximum absolute atomic E-state index is 10.9. The van der Waals surface area contributed by atoms with Gasteiger partial charge in [0.25, 0.3) is 0 Å². The standard InChI is InChI=1S/C10H21N3O/c1-7(2)8(4-11)5-12-9-3-10(14)13-6-9/h7-9,12H,3-6,11H2,1-2H3,(H,13,14). The van der Waals surface area contributed by atoms with Crippen LogP contribution in [0.5, 0.6) is 0 Å². The third-order valence-corrected chi connectivity index (χ3v) is 2.89. The highest BCUT2D eigenvalue weighted by atomic mass is 16.1. The van der Waals surface area contributed by atoms with Crippen LogP contribution in [0.1, 0.15) is 20.3 Å². The Morgan fingerprint density at radius 2 is 2.36 bits per heavy atom. The molecule has 4 heteroatoms. The third-order valence-electron chi connectivity index (χ3n) is 2.89. The van der Waals surface area contributed by atoms with E-state index in [1.807, 2.05) is 0 Å². The quantitative estimate of drug-likeness (QED) is 0.569. The lowest BCUT2D eigenvalue weighted by atomic mass is 9.96. The van der Waals surface area contributed by atoms with Crippen LogP contribution >= 0.6 is 0 Å². The monoisotopic (exact) mass is 199 g/mol. The van der Waals surface area contributed by atoms with Crippen LogP contribution in [0.15, 0.2) is 0 Å². The van der Waals surface area contributed by atoms with Crippen molar-refractivity contribution in [2.24, 2.45) is 17.6 Å². The average molecular weight is 199 g/mol. The zero-order valence-electron chi connectivity index (χ0n) is 9.05. The molecule has 0 bridgehead atoms. The molecule has 1 rings (SSSR count). The molecule has 1 heterocycles. The molecule has 0 spiro atoms. The van der Waals surface area contributed by atoms with Crippen molar-refractivity contribution < 1.29 is 4.79 Å². The fraction of sp³-hybridized carbons (Fsp3) is 0.900. The van der Waals surface area contributed by atoms with Crippen molar-refractivity contribution in [3.05, 3.63) is 0 Å². The van der Waals surface area contributed by atoms with Gasteiger partial charge in [0, 0.05) is 19.0 Å². The van der Waals surface area contributed by atoms with Gasteiger partial charge in [-0.05, 0) is 24.9 Å². The summed E-state index contributed by atoms with van der Waals surface area (Å²) in [7, 11) is 0. The van der Waals surface area contributed by atoms with E-state index in [2.05, 4.69) is 24.5 Å². The highest BCUT2D eigenvalue weighted by molar-refractivity contribution is 5.78. The number of nitrogens with one attached hydrogen (secondary N) is 2. The first-order valence-electron chi connectivity index (χ1n) is 5.33. The van der Waals surface area contributed by atoms with Crippen molar-refractivity contribution >= 4 is 5.91 Å². The first-order valence-corrected chi connectivity index (χ1v) is 5.33. The second-order valence-corrected chi connectivity index (χ2v) is 4.35. The molecule has 0 aromatic carbocycles. The minimum atomic E-state index is 0.149. The van der Waals surface area contributed by atoms with Gasteiger partial charge in [-0.2, -0.15) is 0 Å². The number of amides is 1. The van der Waals surface area contributed by atoms with Crippen molar-refractivity contribution in [2.75, 3.05) is 19.6 Å². The zero-order valence-corrected chi connectivity index (χ0v) is 9.05. The Kier molecular flexibility index (Phi) is 4.35. The Morgan fingerprint density at radius 1 is 1.64 bits per heavy atom. The van der Waals surface area contributed by atoms with Crippen molar-refractivity contribution in [1.29, 1.82) is 0 Å². The SMILES string of the molecule is CC(C)C(CN)CNC1CNC(=O)C1. The maximum atomic E-state index is 10.9. The molecule has 0 radical (unpaired) electrons. The van der Waals surface area contributed by atoms with Gasteiger partial charge in [0.05, 0.1) is 0 Å². The van der Waals surface area contributed by atoms with Gasteiger partial charge in [0.1, 0.15) is 0 Å². The molecule has 0 aromatic rings. The number of rotatable bonds is 5. The van der Waals surface area contributed by atoms with Crippen LogP contribution in [0.25, 0.3) is 0 Å². The number of hydrogen-bond acceptors (Lipinski definition) is 3. The summed E-state index contributed by atoms with van der Waals surface area (Å²) >= 11 is 0. The summed E-state index contributed by atoms with van der Waals surface area (Å²) in [4.78, 5) is 10.9. The Morgan fingerprint density at radius 3 is 2.79 bits per heavy atom. The molecule has 0 aliphatic carbocycles. The Hall–Kier alpha value is -0.610. The summed E-state index contributed by atoms with van der Waals surface area (Å²) in [6.07, 6.45) is 0.607. The molecule has 4 N–H and O–H groups in total. The van der Waals surface area contributed by atoms with Gasteiger partial charge in [-0.15, -0.1) is 0 Å². The average Bonchev–Trinajstić information content (AvgIpc) is 2.52. The van der Waals surface area contributed by atoms with E-state index >= 15 is 0 Å². The summed E-state index contributed by atoms with van der Waals surface area (Å²) in [5, 5.41) is 6.19. The number of hydrogen-bond donors (Lipinski definition) is 3. The first-order chi connectivity index (χ1) is 6.63. The van der Waals surface area contributed by atoms with Gasteiger partial charge >= 0.3 is 0 Å². The van der Waals surface area contributed by atoms with E-state index in [4.69, 9.17) is 5.73 Å². The largest absolute Gasteiger partial charge is 0.354 e. The summed E-state index contributed by atoms with van der Waals surface area (Å²) in [6.45, 7) is 6.73. The van der Waals surface area contributed by atoms with Gasteiger partial charge in [-0.25, -0.2) is 0 Å². The Labute approximate surface area is 85.6 Å². The van der Waals surface area contributed by atoms with Gasteiger partial charge in [-0.1, -0.05) is 13.8 Å². The minimum absolute atomic E-state index is 0.149. The topological polar surface area (TPSA) is 67.2 Å². The van der Waals surface area contributed by atoms with Gasteiger partial charge in [0.2, 0.25) is 5.91 Å². The molecule has 4 nitrogen and oxygen atoms in total. The van der Waals surface area contributed by atoms with Crippen molar-refractivity contribution in [1.82, 2.24) is 10.6 Å². The fourth-order valence-corrected chi connectivity index (χ4v) is 1.66. The molecule has 1 aliphatic rings. The van der Waals surface area contributed by atoms with E-state index in [1.165, 1.54) is 0 Å². The molecule has 82 valence electrons. The van der Waals surface area contributed by atoms with Crippen LogP contribution in [0.3, 0.4) is 0 Å². The highest BCUT2D eigenvalue weighted by Gasteiger charge is 2.22. The van der Waals surface area contributed by atoms with Crippen LogP contribution < -0.4 is 16.4 Å². The van der Waals surface area contributed by atoms with E-state index in [0.717, 1.165) is 13.1 Å². The predicted molar refractivity (Wildman–Crippen MR) is 56.8 cm³/mol. The van der Waals surface area contributed by atoms with Crippen LogP contribution in [0, 0.1) is 11.8 Å². The Bertz CT molecular complexity index is 194. The highest BCUT2D eigenvalue weighted by Crippen LogP contribution is 2.08. The Balaban J connectivity index is 2.22. The summed E-state index contributed by atoms with van der Waals surface area (Å²) < 4.78 is 0. The van der Waals surface area contributed by atoms with Gasteiger partial charge < -0.3 is 16.4 Å². The molecule has 2 unspecified atom stereocenters. The van der Waals surface area contributed by atoms with Crippen molar-refractivity contribution in [2.45, 2.75) is 26.3 Å². The van der Waals surface area contributed by atoms with Crippen molar-refractivity contribution in [3.8, 4) is 0 Å². The molecule has 2 atom stereocenters. The van der Waals surface area contributed by atoms with E-state index in [0.29, 0.717) is 30.8 Å². The maximum Gasteiger partial charge on any atom is 0.221 e. The molecule has 1 saturated heterocycles. The van der Waals surface area contributed by atoms with Crippen LogP contribution in [-0.2, 0) is 4.79 Å². The molecule has 1 fully saturated rings. The lowest BCUT2D eigenvalue weighted by molar-refractivity contribution is -0.119. The smallest absolute Gasteiger partial charge is 0.221 e. The van der Waals surface area contributed by atoms with Crippen LogP contribution in [-0.4, -0.2) is 31.6 Å². The van der Waals surface area contributed by atoms with E-state index < -0.39 is 0 Å². The molecule has 0 aromatic heterocycles. The van der Waals surface area contributed by atoms with Gasteiger partial charge in [-0.3, -0.25) is 4.79 Å². The summed E-state index contributed by atoms with van der Waals surface area (Å²) in [6, 6.07) is 0.301. The lowest BCUT2D eigenvalue weighted by Gasteiger charge is -2.21. The molecule has 0 saturated carbocycles. The van der Waals surface area contributed by atoms with Crippen LogP contribution in [0.4, 0.5) is 0 Å². The fourth-order valence-electron chi connectivity index (χ4n) is 1.66. The molecular formula is C10H21N3O. The number of carbonyl (C=O) groups excluding carboxylic acids is 1. The third kappa shape index (κ3) is 3.27. The second-order valence-electron chi connectivity index (χ2n) is 4.35. The minimum Gasteiger partial charge on any atom is -0.354 e. The van der Waals surface area contributed by atoms with Crippen LogP contribution in [0.2, 0.25) is 0 Å². The zero-order chi connectivity index (χ0) is 10.6. The van der Waals surface area contributed by atoms with E-state index in [-0.39, 0.29) is 5.91 Å². The second kappa shape index (κ2) is 5.32. The number of carbonyl (C=O) groups is 1. The predicted octanol–water partition coefficient (Wildman–Crippen LogP) is -0.305. The van der Waals surface area contributed by atoms with E-state index in [1.54, 1.807) is 0 Å². The molecular weight excluding hydrogens is 178 g/mol. The van der Waals surface area contributed by atoms with Crippen molar-refractivity contribution in [3.63, 3.8) is 0 Å². The van der Waals surface area contributed by atoms with Gasteiger partial charge in [0.15, 0.2) is 0 Å². The lowest BCUT2D eigenvalue weighted by Crippen LogP contribution is -2.38. The number of nitrogens with two attached hydrogens (primary N) is 1. The summed E-state index contributed by atoms with van der Waals surface area (Å²) in [5.41, 5.74) is 5.66. The molecule has 1 amide bonds. The summed E-state index contributed by atoms with van der Waals surface area (Å²) in [5.74, 6) is 1.25. The molecule has 1 aliphatic heterocycles.